The molecular weight excluding hydrogens is 783 g/mol. The average molecular weight is 876 g/mol. The molecule has 11 nitrogen and oxygen atoms in total. The summed E-state index contributed by atoms with van der Waals surface area (Å²) in [5, 5.41) is 45.3. The fraction of sp³-hybridized carbons (Fsp3) is 0.917. The fourth-order valence-corrected chi connectivity index (χ4v) is 8.45. The van der Waals surface area contributed by atoms with Gasteiger partial charge in [0, 0.05) is 0 Å². The predicted molar refractivity (Wildman–Crippen MR) is 245 cm³/mol. The van der Waals surface area contributed by atoms with E-state index in [0.29, 0.717) is 6.54 Å². The van der Waals surface area contributed by atoms with E-state index < -0.39 is 59.9 Å². The molecule has 1 heterocycles. The molecule has 60 heavy (non-hydrogen) atoms. The van der Waals surface area contributed by atoms with E-state index in [4.69, 9.17) is 9.47 Å². The Labute approximate surface area is 367 Å². The second-order valence-electron chi connectivity index (χ2n) is 17.4. The largest absolute Gasteiger partial charge is 0.397 e. The van der Waals surface area contributed by atoms with Gasteiger partial charge in [-0.05, 0) is 51.5 Å². The SMILES string of the molecule is CCCCCCCCC=CCCCCCCCCCCCCCCNC(CO[C@@H]1OC(CO)[C@H](O)C(OS(=O)(=O)O)C1O)C(O)C=CCCCCCCCCCCCCC. The van der Waals surface area contributed by atoms with Crippen LogP contribution in [0.2, 0.25) is 0 Å². The van der Waals surface area contributed by atoms with E-state index in [2.05, 4.69) is 35.5 Å². The number of hydrogen-bond donors (Lipinski definition) is 6. The molecule has 6 N–H and O–H groups in total. The van der Waals surface area contributed by atoms with E-state index in [1.165, 1.54) is 167 Å². The van der Waals surface area contributed by atoms with Crippen LogP contribution in [-0.4, -0.2) is 96.0 Å². The van der Waals surface area contributed by atoms with E-state index in [9.17, 15) is 33.4 Å². The standard InChI is InChI=1S/C48H93NO10S/c1-3-5-7-9-11-13-15-17-18-19-20-21-22-23-24-25-27-29-31-33-35-37-39-49-42(43(51)38-36-34-32-30-28-26-16-14-12-10-8-6-4-2)41-57-48-46(53)47(59-60(54,55)56)45(52)44(40-50)58-48/h17-18,36,38,42-53H,3-16,19-35,37,39-41H2,1-2H3,(H,54,55,56)/t42?,43?,44?,45-,46?,47?,48+/m0/s1. The van der Waals surface area contributed by atoms with Crippen molar-refractivity contribution in [2.24, 2.45) is 0 Å². The predicted octanol–water partition coefficient (Wildman–Crippen LogP) is 10.6. The van der Waals surface area contributed by atoms with Crippen molar-refractivity contribution in [2.45, 2.75) is 262 Å². The van der Waals surface area contributed by atoms with Crippen molar-refractivity contribution in [3.8, 4) is 0 Å². The first-order chi connectivity index (χ1) is 29.1. The third-order valence-corrected chi connectivity index (χ3v) is 12.3. The molecule has 0 aromatic rings. The van der Waals surface area contributed by atoms with Crippen LogP contribution in [0.15, 0.2) is 24.3 Å². The van der Waals surface area contributed by atoms with E-state index in [1.807, 2.05) is 6.08 Å². The number of nitrogens with one attached hydrogen (secondary N) is 1. The molecule has 0 aromatic carbocycles. The molecule has 5 unspecified atom stereocenters. The van der Waals surface area contributed by atoms with Gasteiger partial charge in [0.05, 0.1) is 25.4 Å². The summed E-state index contributed by atoms with van der Waals surface area (Å²) in [6.45, 7) is 4.34. The number of aliphatic hydroxyl groups excluding tert-OH is 4. The molecule has 0 aromatic heterocycles. The summed E-state index contributed by atoms with van der Waals surface area (Å²) in [7, 11) is -5.03. The molecule has 0 bridgehead atoms. The van der Waals surface area contributed by atoms with Crippen molar-refractivity contribution >= 4 is 10.4 Å². The Morgan fingerprint density at radius 1 is 0.600 bits per heavy atom. The molecule has 1 rings (SSSR count). The van der Waals surface area contributed by atoms with Crippen LogP contribution in [0.25, 0.3) is 0 Å². The highest BCUT2D eigenvalue weighted by atomic mass is 32.3. The van der Waals surface area contributed by atoms with Crippen molar-refractivity contribution in [3.05, 3.63) is 24.3 Å². The van der Waals surface area contributed by atoms with Crippen LogP contribution in [0.1, 0.15) is 219 Å². The lowest BCUT2D eigenvalue weighted by atomic mass is 9.99. The molecule has 1 aliphatic rings. The normalized spacial score (nSPS) is 21.1. The summed E-state index contributed by atoms with van der Waals surface area (Å²) in [5.41, 5.74) is 0. The second-order valence-corrected chi connectivity index (χ2v) is 18.4. The van der Waals surface area contributed by atoms with Gasteiger partial charge in [0.2, 0.25) is 0 Å². The molecule has 356 valence electrons. The third-order valence-electron chi connectivity index (χ3n) is 11.8. The molecular formula is C48H93NO10S. The van der Waals surface area contributed by atoms with Gasteiger partial charge >= 0.3 is 10.4 Å². The van der Waals surface area contributed by atoms with Crippen LogP contribution in [0.3, 0.4) is 0 Å². The van der Waals surface area contributed by atoms with Gasteiger partial charge < -0.3 is 35.2 Å². The quantitative estimate of drug-likeness (QED) is 0.0195. The highest BCUT2D eigenvalue weighted by Crippen LogP contribution is 2.26. The Kier molecular flexibility index (Phi) is 37.7. The smallest absolute Gasteiger partial charge is 0.394 e. The van der Waals surface area contributed by atoms with Gasteiger partial charge in [0.15, 0.2) is 6.29 Å². The minimum atomic E-state index is -5.03. The van der Waals surface area contributed by atoms with Crippen molar-refractivity contribution < 1.29 is 47.1 Å². The number of hydrogen-bond acceptors (Lipinski definition) is 10. The van der Waals surface area contributed by atoms with Crippen molar-refractivity contribution in [1.29, 1.82) is 0 Å². The van der Waals surface area contributed by atoms with Gasteiger partial charge in [-0.25, -0.2) is 4.18 Å². The van der Waals surface area contributed by atoms with Gasteiger partial charge in [-0.15, -0.1) is 0 Å². The monoisotopic (exact) mass is 876 g/mol. The number of allylic oxidation sites excluding steroid dienone is 3. The van der Waals surface area contributed by atoms with Crippen LogP contribution in [0, 0.1) is 0 Å². The summed E-state index contributed by atoms with van der Waals surface area (Å²) < 4.78 is 47.8. The zero-order chi connectivity index (χ0) is 43.9. The first-order valence-electron chi connectivity index (χ1n) is 24.8. The lowest BCUT2D eigenvalue weighted by molar-refractivity contribution is -0.298. The van der Waals surface area contributed by atoms with Crippen LogP contribution >= 0.6 is 0 Å². The molecule has 0 radical (unpaired) electrons. The molecule has 1 aliphatic heterocycles. The Hall–Kier alpha value is -0.930. The zero-order valence-corrected chi connectivity index (χ0v) is 39.1. The molecule has 0 spiro atoms. The Morgan fingerprint density at radius 3 is 1.42 bits per heavy atom. The Balaban J connectivity index is 2.37. The van der Waals surface area contributed by atoms with Gasteiger partial charge in [0.1, 0.15) is 24.4 Å². The van der Waals surface area contributed by atoms with Gasteiger partial charge in [-0.1, -0.05) is 199 Å². The van der Waals surface area contributed by atoms with E-state index in [0.717, 1.165) is 38.5 Å². The maximum atomic E-state index is 11.4. The van der Waals surface area contributed by atoms with Crippen molar-refractivity contribution in [1.82, 2.24) is 5.32 Å². The lowest BCUT2D eigenvalue weighted by Crippen LogP contribution is -2.61. The summed E-state index contributed by atoms with van der Waals surface area (Å²) in [6.07, 6.45) is 39.8. The molecule has 0 saturated carbocycles. The third kappa shape index (κ3) is 31.8. The Bertz CT molecular complexity index is 1110. The topological polar surface area (TPSA) is 175 Å². The zero-order valence-electron chi connectivity index (χ0n) is 38.3. The van der Waals surface area contributed by atoms with E-state index in [1.54, 1.807) is 6.08 Å². The summed E-state index contributed by atoms with van der Waals surface area (Å²) >= 11 is 0. The van der Waals surface area contributed by atoms with E-state index >= 15 is 0 Å². The molecule has 0 amide bonds. The summed E-state index contributed by atoms with van der Waals surface area (Å²) in [5.74, 6) is 0. The van der Waals surface area contributed by atoms with Crippen LogP contribution in [0.4, 0.5) is 0 Å². The lowest BCUT2D eigenvalue weighted by Gasteiger charge is -2.41. The molecule has 0 aliphatic carbocycles. The van der Waals surface area contributed by atoms with Crippen molar-refractivity contribution in [2.75, 3.05) is 19.8 Å². The minimum Gasteiger partial charge on any atom is -0.394 e. The average Bonchev–Trinajstić information content (AvgIpc) is 3.22. The highest BCUT2D eigenvalue weighted by Gasteiger charge is 2.48. The van der Waals surface area contributed by atoms with Crippen LogP contribution < -0.4 is 5.32 Å². The molecule has 12 heteroatoms. The van der Waals surface area contributed by atoms with Gasteiger partial charge in [0.25, 0.3) is 0 Å². The first-order valence-corrected chi connectivity index (χ1v) is 26.1. The number of rotatable bonds is 43. The number of ether oxygens (including phenoxy) is 2. The second kappa shape index (κ2) is 39.6. The highest BCUT2D eigenvalue weighted by molar-refractivity contribution is 7.80. The molecule has 1 fully saturated rings. The van der Waals surface area contributed by atoms with Gasteiger partial charge in [-0.3, -0.25) is 4.55 Å². The van der Waals surface area contributed by atoms with Gasteiger partial charge in [-0.2, -0.15) is 8.42 Å². The fourth-order valence-electron chi connectivity index (χ4n) is 7.94. The maximum absolute atomic E-state index is 11.4. The van der Waals surface area contributed by atoms with Crippen LogP contribution in [0.5, 0.6) is 0 Å². The van der Waals surface area contributed by atoms with Crippen molar-refractivity contribution in [3.63, 3.8) is 0 Å². The summed E-state index contributed by atoms with van der Waals surface area (Å²) in [6, 6.07) is -0.568. The van der Waals surface area contributed by atoms with Crippen LogP contribution in [-0.2, 0) is 24.1 Å². The molecule has 7 atom stereocenters. The maximum Gasteiger partial charge on any atom is 0.397 e. The Morgan fingerprint density at radius 2 is 1.00 bits per heavy atom. The van der Waals surface area contributed by atoms with E-state index in [-0.39, 0.29) is 6.61 Å². The number of unbranched alkanes of at least 4 members (excludes halogenated alkanes) is 29. The molecule has 1 saturated heterocycles. The summed E-state index contributed by atoms with van der Waals surface area (Å²) in [4.78, 5) is 0. The minimum absolute atomic E-state index is 0.116. The first kappa shape index (κ1) is 57.1. The number of aliphatic hydroxyl groups is 4.